The Kier molecular flexibility index (Phi) is 4.19. The van der Waals surface area contributed by atoms with E-state index in [2.05, 4.69) is 5.32 Å². The maximum Gasteiger partial charge on any atom is 0.290 e. The molecular formula is C13H13NO5S. The van der Waals surface area contributed by atoms with Gasteiger partial charge in [0.1, 0.15) is 0 Å². The Hall–Kier alpha value is -2.15. The molecule has 1 saturated heterocycles. The molecule has 2 rings (SSSR count). The van der Waals surface area contributed by atoms with Crippen molar-refractivity contribution in [2.24, 2.45) is 0 Å². The molecule has 1 aromatic carbocycles. The lowest BCUT2D eigenvalue weighted by molar-refractivity contribution is -0.115. The molecule has 0 aromatic heterocycles. The summed E-state index contributed by atoms with van der Waals surface area (Å²) in [5.41, 5.74) is 0.673. The smallest absolute Gasteiger partial charge is 0.290 e. The van der Waals surface area contributed by atoms with E-state index in [1.165, 1.54) is 21.3 Å². The highest BCUT2D eigenvalue weighted by Gasteiger charge is 2.25. The minimum absolute atomic E-state index is 0.323. The van der Waals surface area contributed by atoms with Crippen molar-refractivity contribution >= 4 is 29.0 Å². The summed E-state index contributed by atoms with van der Waals surface area (Å²) in [7, 11) is 4.53. The topological polar surface area (TPSA) is 73.9 Å². The average Bonchev–Trinajstić information content (AvgIpc) is 2.75. The Labute approximate surface area is 120 Å². The lowest BCUT2D eigenvalue weighted by atomic mass is 10.1. The van der Waals surface area contributed by atoms with Crippen LogP contribution >= 0.6 is 11.8 Å². The van der Waals surface area contributed by atoms with Crippen LogP contribution in [0.2, 0.25) is 0 Å². The fourth-order valence-electron chi connectivity index (χ4n) is 1.76. The summed E-state index contributed by atoms with van der Waals surface area (Å²) in [6.07, 6.45) is 1.59. The maximum atomic E-state index is 11.5. The summed E-state index contributed by atoms with van der Waals surface area (Å²) in [5.74, 6) is 1.02. The van der Waals surface area contributed by atoms with E-state index in [1.807, 2.05) is 0 Å². The second-order valence-electron chi connectivity index (χ2n) is 3.81. The summed E-state index contributed by atoms with van der Waals surface area (Å²) < 4.78 is 15.7. The van der Waals surface area contributed by atoms with Crippen LogP contribution in [0.5, 0.6) is 17.2 Å². The Morgan fingerprint density at radius 2 is 1.65 bits per heavy atom. The van der Waals surface area contributed by atoms with Gasteiger partial charge in [-0.3, -0.25) is 14.9 Å². The molecule has 0 saturated carbocycles. The van der Waals surface area contributed by atoms with E-state index < -0.39 is 5.91 Å². The molecule has 0 unspecified atom stereocenters. The van der Waals surface area contributed by atoms with Gasteiger partial charge in [0.25, 0.3) is 11.1 Å². The molecule has 1 aliphatic heterocycles. The summed E-state index contributed by atoms with van der Waals surface area (Å²) >= 11 is 0.854. The number of amides is 2. The number of imide groups is 1. The van der Waals surface area contributed by atoms with Crippen LogP contribution in [-0.4, -0.2) is 32.5 Å². The Morgan fingerprint density at radius 1 is 1.05 bits per heavy atom. The molecule has 0 bridgehead atoms. The van der Waals surface area contributed by atoms with Crippen LogP contribution in [0, 0.1) is 0 Å². The zero-order valence-corrected chi connectivity index (χ0v) is 12.0. The van der Waals surface area contributed by atoms with Crippen LogP contribution < -0.4 is 19.5 Å². The van der Waals surface area contributed by atoms with Crippen molar-refractivity contribution in [1.82, 2.24) is 5.32 Å². The summed E-state index contributed by atoms with van der Waals surface area (Å²) in [6.45, 7) is 0. The number of hydrogen-bond acceptors (Lipinski definition) is 6. The Balaban J connectivity index is 2.45. The first kappa shape index (κ1) is 14.3. The van der Waals surface area contributed by atoms with Gasteiger partial charge in [0.2, 0.25) is 5.75 Å². The number of rotatable bonds is 4. The molecule has 1 aliphatic rings. The molecule has 1 fully saturated rings. The summed E-state index contributed by atoms with van der Waals surface area (Å²) in [5, 5.41) is 1.82. The first-order valence-electron chi connectivity index (χ1n) is 5.64. The Morgan fingerprint density at radius 3 is 2.05 bits per heavy atom. The van der Waals surface area contributed by atoms with Gasteiger partial charge >= 0.3 is 0 Å². The predicted molar refractivity (Wildman–Crippen MR) is 75.2 cm³/mol. The molecule has 2 amide bonds. The van der Waals surface area contributed by atoms with Gasteiger partial charge in [-0.25, -0.2) is 0 Å². The van der Waals surface area contributed by atoms with Crippen molar-refractivity contribution in [1.29, 1.82) is 0 Å². The SMILES string of the molecule is COc1cc(/C=C2\SC(=O)NC2=O)cc(OC)c1OC. The largest absolute Gasteiger partial charge is 0.493 e. The van der Waals surface area contributed by atoms with Crippen LogP contribution in [0.15, 0.2) is 17.0 Å². The second kappa shape index (κ2) is 5.87. The van der Waals surface area contributed by atoms with Crippen molar-refractivity contribution in [3.63, 3.8) is 0 Å². The van der Waals surface area contributed by atoms with Crippen LogP contribution in [0.25, 0.3) is 6.08 Å². The number of hydrogen-bond donors (Lipinski definition) is 1. The molecule has 1 aromatic rings. The van der Waals surface area contributed by atoms with Crippen LogP contribution in [0.3, 0.4) is 0 Å². The van der Waals surface area contributed by atoms with E-state index in [1.54, 1.807) is 18.2 Å². The number of ether oxygens (including phenoxy) is 3. The molecule has 0 spiro atoms. The predicted octanol–water partition coefficient (Wildman–Crippen LogP) is 2.04. The van der Waals surface area contributed by atoms with Crippen molar-refractivity contribution in [3.8, 4) is 17.2 Å². The lowest BCUT2D eigenvalue weighted by Crippen LogP contribution is -2.17. The van der Waals surface area contributed by atoms with Crippen molar-refractivity contribution in [3.05, 3.63) is 22.6 Å². The molecule has 1 heterocycles. The number of nitrogens with one attached hydrogen (secondary N) is 1. The van der Waals surface area contributed by atoms with Gasteiger partial charge in [0, 0.05) is 0 Å². The van der Waals surface area contributed by atoms with Crippen molar-refractivity contribution < 1.29 is 23.8 Å². The molecule has 1 N–H and O–H groups in total. The molecule has 0 radical (unpaired) electrons. The van der Waals surface area contributed by atoms with E-state index in [0.29, 0.717) is 27.7 Å². The number of thioether (sulfide) groups is 1. The molecular weight excluding hydrogens is 282 g/mol. The molecule has 20 heavy (non-hydrogen) atoms. The maximum absolute atomic E-state index is 11.5. The third-order valence-corrected chi connectivity index (χ3v) is 3.44. The van der Waals surface area contributed by atoms with Gasteiger partial charge in [0.05, 0.1) is 26.2 Å². The number of carbonyl (C=O) groups is 2. The summed E-state index contributed by atoms with van der Waals surface area (Å²) in [4.78, 5) is 23.0. The highest BCUT2D eigenvalue weighted by atomic mass is 32.2. The minimum Gasteiger partial charge on any atom is -0.493 e. The fourth-order valence-corrected chi connectivity index (χ4v) is 2.44. The quantitative estimate of drug-likeness (QED) is 0.857. The zero-order chi connectivity index (χ0) is 14.7. The average molecular weight is 295 g/mol. The van der Waals surface area contributed by atoms with Crippen LogP contribution in [-0.2, 0) is 4.79 Å². The first-order valence-corrected chi connectivity index (χ1v) is 6.45. The normalized spacial score (nSPS) is 16.2. The van der Waals surface area contributed by atoms with Gasteiger partial charge in [-0.1, -0.05) is 0 Å². The second-order valence-corrected chi connectivity index (χ2v) is 4.83. The van der Waals surface area contributed by atoms with Crippen LogP contribution in [0.1, 0.15) is 5.56 Å². The third kappa shape index (κ3) is 2.72. The zero-order valence-electron chi connectivity index (χ0n) is 11.2. The lowest BCUT2D eigenvalue weighted by Gasteiger charge is -2.12. The van der Waals surface area contributed by atoms with Gasteiger partial charge < -0.3 is 14.2 Å². The van der Waals surface area contributed by atoms with Gasteiger partial charge in [-0.05, 0) is 35.5 Å². The van der Waals surface area contributed by atoms with E-state index in [-0.39, 0.29) is 5.24 Å². The van der Waals surface area contributed by atoms with Gasteiger partial charge in [0.15, 0.2) is 11.5 Å². The first-order chi connectivity index (χ1) is 9.58. The summed E-state index contributed by atoms with van der Waals surface area (Å²) in [6, 6.07) is 3.40. The Bertz CT molecular complexity index is 571. The van der Waals surface area contributed by atoms with Crippen molar-refractivity contribution in [2.45, 2.75) is 0 Å². The fraction of sp³-hybridized carbons (Fsp3) is 0.231. The highest BCUT2D eigenvalue weighted by Crippen LogP contribution is 2.39. The van der Waals surface area contributed by atoms with Gasteiger partial charge in [-0.15, -0.1) is 0 Å². The van der Waals surface area contributed by atoms with Crippen molar-refractivity contribution in [2.75, 3.05) is 21.3 Å². The molecule has 0 aliphatic carbocycles. The third-order valence-electron chi connectivity index (χ3n) is 2.63. The van der Waals surface area contributed by atoms with E-state index in [9.17, 15) is 9.59 Å². The van der Waals surface area contributed by atoms with E-state index >= 15 is 0 Å². The minimum atomic E-state index is -0.409. The highest BCUT2D eigenvalue weighted by molar-refractivity contribution is 8.18. The molecule has 6 nitrogen and oxygen atoms in total. The standard InChI is InChI=1S/C13H13NO5S/c1-17-8-4-7(5-9(18-2)11(8)19-3)6-10-12(15)14-13(16)20-10/h4-6H,1-3H3,(H,14,15,16)/b10-6-. The molecule has 106 valence electrons. The number of methoxy groups -OCH3 is 3. The van der Waals surface area contributed by atoms with Gasteiger partial charge in [-0.2, -0.15) is 0 Å². The van der Waals surface area contributed by atoms with Crippen LogP contribution in [0.4, 0.5) is 4.79 Å². The monoisotopic (exact) mass is 295 g/mol. The van der Waals surface area contributed by atoms with E-state index in [0.717, 1.165) is 11.8 Å². The van der Waals surface area contributed by atoms with E-state index in [4.69, 9.17) is 14.2 Å². The number of benzene rings is 1. The number of carbonyl (C=O) groups excluding carboxylic acids is 2. The molecule has 0 atom stereocenters. The molecule has 7 heteroatoms.